The van der Waals surface area contributed by atoms with E-state index in [2.05, 4.69) is 4.98 Å². The summed E-state index contributed by atoms with van der Waals surface area (Å²) in [6.45, 7) is 0. The molecule has 146 valence electrons. The minimum atomic E-state index is -0.471. The molecule has 0 spiro atoms. The van der Waals surface area contributed by atoms with Crippen molar-refractivity contribution in [3.63, 3.8) is 0 Å². The lowest BCUT2D eigenvalue weighted by Gasteiger charge is -2.08. The molecule has 0 radical (unpaired) electrons. The molecule has 0 aliphatic rings. The van der Waals surface area contributed by atoms with Gasteiger partial charge in [-0.15, -0.1) is 0 Å². The van der Waals surface area contributed by atoms with Crippen LogP contribution in [-0.4, -0.2) is 10.8 Å². The normalized spacial score (nSPS) is 11.3. The zero-order chi connectivity index (χ0) is 20.8. The highest BCUT2D eigenvalue weighted by Gasteiger charge is 2.07. The topological polar surface area (TPSA) is 69.4 Å². The Hall–Kier alpha value is -4.25. The molecule has 0 aliphatic heterocycles. The number of allylic oxidation sites excluding steroid dienone is 2. The van der Waals surface area contributed by atoms with Gasteiger partial charge in [0.25, 0.3) is 0 Å². The van der Waals surface area contributed by atoms with E-state index in [0.29, 0.717) is 22.5 Å². The summed E-state index contributed by atoms with van der Waals surface area (Å²) in [5.74, 6) is 0.883. The Kier molecular flexibility index (Phi) is 5.62. The fourth-order valence-corrected chi connectivity index (χ4v) is 2.83. The van der Waals surface area contributed by atoms with Crippen molar-refractivity contribution in [1.29, 1.82) is 0 Å². The second-order valence-corrected chi connectivity index (χ2v) is 6.45. The Morgan fingerprint density at radius 1 is 0.900 bits per heavy atom. The molecule has 5 nitrogen and oxygen atoms in total. The zero-order valence-electron chi connectivity index (χ0n) is 15.9. The van der Waals surface area contributed by atoms with Crippen LogP contribution in [0.2, 0.25) is 0 Å². The summed E-state index contributed by atoms with van der Waals surface area (Å²) in [7, 11) is 0. The maximum atomic E-state index is 12.0. The molecule has 0 atom stereocenters. The van der Waals surface area contributed by atoms with Crippen LogP contribution in [-0.2, 0) is 4.79 Å². The molecule has 0 bridgehead atoms. The van der Waals surface area contributed by atoms with Gasteiger partial charge in [-0.25, -0.2) is 4.79 Å². The summed E-state index contributed by atoms with van der Waals surface area (Å²) >= 11 is 0. The number of aromatic nitrogens is 1. The van der Waals surface area contributed by atoms with Crippen LogP contribution in [0.15, 0.2) is 100 Å². The Labute approximate surface area is 172 Å². The number of ketones is 1. The Balaban J connectivity index is 1.45. The lowest BCUT2D eigenvalue weighted by molar-refractivity contribution is -0.110. The number of ether oxygens (including phenoxy) is 1. The number of para-hydroxylation sites is 1. The van der Waals surface area contributed by atoms with E-state index in [9.17, 15) is 9.59 Å². The number of rotatable bonds is 6. The second kappa shape index (κ2) is 8.84. The van der Waals surface area contributed by atoms with Gasteiger partial charge in [-0.05, 0) is 59.7 Å². The quantitative estimate of drug-likeness (QED) is 0.328. The van der Waals surface area contributed by atoms with Crippen molar-refractivity contribution >= 4 is 28.9 Å². The maximum absolute atomic E-state index is 12.0. The molecule has 0 amide bonds. The Bertz CT molecular complexity index is 1290. The van der Waals surface area contributed by atoms with Gasteiger partial charge >= 0.3 is 5.63 Å². The van der Waals surface area contributed by atoms with Crippen molar-refractivity contribution in [3.8, 4) is 11.5 Å². The fourth-order valence-electron chi connectivity index (χ4n) is 2.83. The van der Waals surface area contributed by atoms with E-state index in [1.54, 1.807) is 48.8 Å². The second-order valence-electron chi connectivity index (χ2n) is 6.45. The molecule has 0 saturated heterocycles. The third kappa shape index (κ3) is 4.77. The highest BCUT2D eigenvalue weighted by atomic mass is 16.5. The molecular formula is C25H17NO4. The number of pyridine rings is 1. The number of fused-ring (bicyclic) bond motifs is 1. The molecule has 5 heteroatoms. The molecule has 0 fully saturated rings. The summed E-state index contributed by atoms with van der Waals surface area (Å²) in [6.07, 6.45) is 9.81. The van der Waals surface area contributed by atoms with E-state index < -0.39 is 5.63 Å². The van der Waals surface area contributed by atoms with Gasteiger partial charge in [-0.1, -0.05) is 36.4 Å². The van der Waals surface area contributed by atoms with E-state index in [-0.39, 0.29) is 5.78 Å². The number of hydrogen-bond donors (Lipinski definition) is 0. The predicted molar refractivity (Wildman–Crippen MR) is 116 cm³/mol. The van der Waals surface area contributed by atoms with Crippen molar-refractivity contribution in [2.75, 3.05) is 0 Å². The van der Waals surface area contributed by atoms with Crippen LogP contribution in [0.1, 0.15) is 11.1 Å². The average molecular weight is 395 g/mol. The maximum Gasteiger partial charge on any atom is 0.339 e. The number of nitrogens with zero attached hydrogens (tertiary/aromatic N) is 1. The van der Waals surface area contributed by atoms with Gasteiger partial charge in [0, 0.05) is 12.4 Å². The first-order chi connectivity index (χ1) is 14.7. The molecule has 0 saturated carbocycles. The molecule has 2 heterocycles. The van der Waals surface area contributed by atoms with Gasteiger partial charge in [0.2, 0.25) is 0 Å². The highest BCUT2D eigenvalue weighted by Crippen LogP contribution is 2.28. The van der Waals surface area contributed by atoms with Gasteiger partial charge in [0.05, 0.1) is 11.5 Å². The molecule has 4 aromatic rings. The standard InChI is InChI=1S/C25H17NO4/c27-20(12-8-19-4-3-15-26-17-19)11-7-18-9-13-21(14-10-18)29-24-16-25(28)30-23-6-2-1-5-22(23)24/h1-17H/b11-7+,12-8+. The van der Waals surface area contributed by atoms with Crippen LogP contribution in [0.5, 0.6) is 11.5 Å². The summed E-state index contributed by atoms with van der Waals surface area (Å²) in [4.78, 5) is 27.7. The van der Waals surface area contributed by atoms with Gasteiger partial charge < -0.3 is 9.15 Å². The first kappa shape index (κ1) is 19.1. The van der Waals surface area contributed by atoms with Gasteiger partial charge in [-0.3, -0.25) is 9.78 Å². The lowest BCUT2D eigenvalue weighted by Crippen LogP contribution is -1.98. The lowest BCUT2D eigenvalue weighted by atomic mass is 10.1. The molecule has 0 N–H and O–H groups in total. The van der Waals surface area contributed by atoms with Crippen LogP contribution < -0.4 is 10.4 Å². The number of carbonyl (C=O) groups is 1. The van der Waals surface area contributed by atoms with Crippen molar-refractivity contribution in [2.45, 2.75) is 0 Å². The first-order valence-electron chi connectivity index (χ1n) is 9.28. The third-order valence-corrected chi connectivity index (χ3v) is 4.28. The summed E-state index contributed by atoms with van der Waals surface area (Å²) < 4.78 is 11.0. The largest absolute Gasteiger partial charge is 0.456 e. The van der Waals surface area contributed by atoms with E-state index in [1.807, 2.05) is 36.4 Å². The first-order valence-corrected chi connectivity index (χ1v) is 9.28. The van der Waals surface area contributed by atoms with Crippen molar-refractivity contribution in [1.82, 2.24) is 4.98 Å². The van der Waals surface area contributed by atoms with E-state index in [0.717, 1.165) is 11.1 Å². The number of carbonyl (C=O) groups excluding carboxylic acids is 1. The summed E-state index contributed by atoms with van der Waals surface area (Å²) in [5.41, 5.74) is 1.71. The Morgan fingerprint density at radius 2 is 1.67 bits per heavy atom. The predicted octanol–water partition coefficient (Wildman–Crippen LogP) is 5.28. The summed E-state index contributed by atoms with van der Waals surface area (Å²) in [5, 5.41) is 0.715. The van der Waals surface area contributed by atoms with Gasteiger partial charge in [0.15, 0.2) is 5.78 Å². The molecular weight excluding hydrogens is 378 g/mol. The van der Waals surface area contributed by atoms with Crippen molar-refractivity contribution in [2.24, 2.45) is 0 Å². The van der Waals surface area contributed by atoms with Crippen molar-refractivity contribution in [3.05, 3.63) is 113 Å². The smallest absolute Gasteiger partial charge is 0.339 e. The highest BCUT2D eigenvalue weighted by molar-refractivity contribution is 6.04. The molecule has 2 aromatic carbocycles. The fraction of sp³-hybridized carbons (Fsp3) is 0. The molecule has 4 rings (SSSR count). The van der Waals surface area contributed by atoms with Crippen LogP contribution in [0.4, 0.5) is 0 Å². The third-order valence-electron chi connectivity index (χ3n) is 4.28. The number of hydrogen-bond acceptors (Lipinski definition) is 5. The van der Waals surface area contributed by atoms with E-state index in [1.165, 1.54) is 18.2 Å². The van der Waals surface area contributed by atoms with Crippen LogP contribution in [0.3, 0.4) is 0 Å². The van der Waals surface area contributed by atoms with Crippen LogP contribution >= 0.6 is 0 Å². The number of benzene rings is 2. The van der Waals surface area contributed by atoms with Gasteiger partial charge in [0.1, 0.15) is 17.1 Å². The van der Waals surface area contributed by atoms with Gasteiger partial charge in [-0.2, -0.15) is 0 Å². The van der Waals surface area contributed by atoms with Crippen molar-refractivity contribution < 1.29 is 13.9 Å². The molecule has 0 aliphatic carbocycles. The molecule has 30 heavy (non-hydrogen) atoms. The Morgan fingerprint density at radius 3 is 2.43 bits per heavy atom. The average Bonchev–Trinajstić information content (AvgIpc) is 2.78. The van der Waals surface area contributed by atoms with E-state index in [4.69, 9.17) is 9.15 Å². The van der Waals surface area contributed by atoms with E-state index >= 15 is 0 Å². The minimum absolute atomic E-state index is 0.123. The SMILES string of the molecule is O=C(/C=C/c1ccc(Oc2cc(=O)oc3ccccc23)cc1)/C=C/c1cccnc1. The van der Waals surface area contributed by atoms with Crippen LogP contribution in [0, 0.1) is 0 Å². The molecule has 0 unspecified atom stereocenters. The monoisotopic (exact) mass is 395 g/mol. The van der Waals surface area contributed by atoms with Crippen LogP contribution in [0.25, 0.3) is 23.1 Å². The zero-order valence-corrected chi connectivity index (χ0v) is 15.9. The summed E-state index contributed by atoms with van der Waals surface area (Å²) in [6, 6.07) is 19.4. The molecule has 2 aromatic heterocycles. The minimum Gasteiger partial charge on any atom is -0.456 e.